The molecular formula is C24H25N3O4S. The molecule has 0 fully saturated rings. The molecule has 4 rings (SSSR count). The fraction of sp³-hybridized carbons (Fsp3) is 0.208. The average Bonchev–Trinajstić information content (AvgIpc) is 3.23. The third kappa shape index (κ3) is 4.19. The Morgan fingerprint density at radius 1 is 1.06 bits per heavy atom. The van der Waals surface area contributed by atoms with E-state index in [0.29, 0.717) is 29.3 Å². The SMILES string of the molecule is CCOc1ccc(S(=O)(=O)NC(c2cccc(OC)c2)c2nccn2C)c2ccccc12. The van der Waals surface area contributed by atoms with Gasteiger partial charge in [0.15, 0.2) is 0 Å². The number of hydrogen-bond donors (Lipinski definition) is 1. The average molecular weight is 452 g/mol. The van der Waals surface area contributed by atoms with Crippen LogP contribution in [0.2, 0.25) is 0 Å². The zero-order valence-corrected chi connectivity index (χ0v) is 19.0. The van der Waals surface area contributed by atoms with Gasteiger partial charge in [-0.15, -0.1) is 0 Å². The van der Waals surface area contributed by atoms with Crippen LogP contribution in [0.4, 0.5) is 0 Å². The van der Waals surface area contributed by atoms with Crippen molar-refractivity contribution in [3.05, 3.63) is 84.4 Å². The van der Waals surface area contributed by atoms with Crippen LogP contribution in [-0.4, -0.2) is 31.7 Å². The van der Waals surface area contributed by atoms with E-state index in [2.05, 4.69) is 9.71 Å². The highest BCUT2D eigenvalue weighted by Crippen LogP contribution is 2.33. The number of rotatable bonds is 8. The summed E-state index contributed by atoms with van der Waals surface area (Å²) in [5, 5.41) is 1.34. The third-order valence-electron chi connectivity index (χ3n) is 5.25. The predicted molar refractivity (Wildman–Crippen MR) is 123 cm³/mol. The van der Waals surface area contributed by atoms with Crippen molar-refractivity contribution in [2.24, 2.45) is 7.05 Å². The lowest BCUT2D eigenvalue weighted by atomic mass is 10.1. The number of nitrogens with zero attached hydrogens (tertiary/aromatic N) is 2. The molecule has 0 bridgehead atoms. The van der Waals surface area contributed by atoms with Gasteiger partial charge in [-0.2, -0.15) is 4.72 Å². The summed E-state index contributed by atoms with van der Waals surface area (Å²) in [5.74, 6) is 1.85. The van der Waals surface area contributed by atoms with Gasteiger partial charge >= 0.3 is 0 Å². The summed E-state index contributed by atoms with van der Waals surface area (Å²) in [5.41, 5.74) is 0.720. The molecule has 8 heteroatoms. The van der Waals surface area contributed by atoms with Gasteiger partial charge in [-0.3, -0.25) is 0 Å². The van der Waals surface area contributed by atoms with Crippen molar-refractivity contribution in [1.82, 2.24) is 14.3 Å². The van der Waals surface area contributed by atoms with Crippen molar-refractivity contribution in [1.29, 1.82) is 0 Å². The minimum atomic E-state index is -3.93. The maximum Gasteiger partial charge on any atom is 0.242 e. The van der Waals surface area contributed by atoms with Gasteiger partial charge in [-0.1, -0.05) is 36.4 Å². The van der Waals surface area contributed by atoms with E-state index >= 15 is 0 Å². The number of benzene rings is 3. The first-order chi connectivity index (χ1) is 15.4. The van der Waals surface area contributed by atoms with Crippen LogP contribution in [-0.2, 0) is 17.1 Å². The van der Waals surface area contributed by atoms with Crippen molar-refractivity contribution in [3.8, 4) is 11.5 Å². The Balaban J connectivity index is 1.82. The topological polar surface area (TPSA) is 82.5 Å². The summed E-state index contributed by atoms with van der Waals surface area (Å²) < 4.78 is 43.0. The second kappa shape index (κ2) is 9.02. The summed E-state index contributed by atoms with van der Waals surface area (Å²) >= 11 is 0. The van der Waals surface area contributed by atoms with Gasteiger partial charge in [0, 0.05) is 30.2 Å². The number of ether oxygens (including phenoxy) is 2. The molecule has 1 atom stereocenters. The van der Waals surface area contributed by atoms with Crippen LogP contribution in [0.1, 0.15) is 24.4 Å². The first-order valence-electron chi connectivity index (χ1n) is 10.2. The molecule has 0 saturated heterocycles. The second-order valence-electron chi connectivity index (χ2n) is 7.27. The van der Waals surface area contributed by atoms with Crippen molar-refractivity contribution in [3.63, 3.8) is 0 Å². The molecule has 4 aromatic rings. The number of methoxy groups -OCH3 is 1. The zero-order chi connectivity index (χ0) is 22.7. The largest absolute Gasteiger partial charge is 0.497 e. The number of sulfonamides is 1. The van der Waals surface area contributed by atoms with E-state index in [-0.39, 0.29) is 4.90 Å². The summed E-state index contributed by atoms with van der Waals surface area (Å²) in [7, 11) is -0.524. The standard InChI is InChI=1S/C24H25N3O4S/c1-4-31-21-12-13-22(20-11-6-5-10-19(20)21)32(28,29)26-23(24-25-14-15-27(24)2)17-8-7-9-18(16-17)30-3/h5-16,23,26H,4H2,1-3H3. The number of imidazole rings is 1. The molecule has 1 aromatic heterocycles. The highest BCUT2D eigenvalue weighted by atomic mass is 32.2. The highest BCUT2D eigenvalue weighted by Gasteiger charge is 2.27. The Labute approximate surface area is 187 Å². The maximum absolute atomic E-state index is 13.6. The zero-order valence-electron chi connectivity index (χ0n) is 18.1. The van der Waals surface area contributed by atoms with Gasteiger partial charge in [0.1, 0.15) is 23.4 Å². The lowest BCUT2D eigenvalue weighted by molar-refractivity contribution is 0.344. The van der Waals surface area contributed by atoms with Gasteiger partial charge in [0.25, 0.3) is 0 Å². The number of aromatic nitrogens is 2. The Morgan fingerprint density at radius 3 is 2.53 bits per heavy atom. The molecule has 7 nitrogen and oxygen atoms in total. The van der Waals surface area contributed by atoms with Gasteiger partial charge in [0.05, 0.1) is 18.6 Å². The van der Waals surface area contributed by atoms with Crippen LogP contribution in [0.3, 0.4) is 0 Å². The minimum absolute atomic E-state index is 0.179. The van der Waals surface area contributed by atoms with Crippen LogP contribution >= 0.6 is 0 Å². The Hall–Kier alpha value is -3.36. The van der Waals surface area contributed by atoms with E-state index in [1.807, 2.05) is 50.4 Å². The maximum atomic E-state index is 13.6. The second-order valence-corrected chi connectivity index (χ2v) is 8.95. The predicted octanol–water partition coefficient (Wildman–Crippen LogP) is 4.05. The molecule has 1 heterocycles. The summed E-state index contributed by atoms with van der Waals surface area (Å²) in [6, 6.07) is 17.2. The molecule has 166 valence electrons. The number of fused-ring (bicyclic) bond motifs is 1. The molecule has 0 radical (unpaired) electrons. The minimum Gasteiger partial charge on any atom is -0.497 e. The molecule has 0 saturated carbocycles. The van der Waals surface area contributed by atoms with E-state index in [1.165, 1.54) is 0 Å². The van der Waals surface area contributed by atoms with E-state index in [4.69, 9.17) is 9.47 Å². The fourth-order valence-electron chi connectivity index (χ4n) is 3.72. The smallest absolute Gasteiger partial charge is 0.242 e. The Bertz CT molecular complexity index is 1350. The molecule has 1 unspecified atom stereocenters. The molecule has 0 aliphatic heterocycles. The molecule has 0 spiro atoms. The van der Waals surface area contributed by atoms with Crippen molar-refractivity contribution in [2.75, 3.05) is 13.7 Å². The molecule has 32 heavy (non-hydrogen) atoms. The van der Waals surface area contributed by atoms with Gasteiger partial charge < -0.3 is 14.0 Å². The first kappa shape index (κ1) is 21.9. The van der Waals surface area contributed by atoms with Gasteiger partial charge in [0.2, 0.25) is 10.0 Å². The quantitative estimate of drug-likeness (QED) is 0.437. The first-order valence-corrected chi connectivity index (χ1v) is 11.7. The fourth-order valence-corrected chi connectivity index (χ4v) is 5.12. The molecule has 1 N–H and O–H groups in total. The van der Waals surface area contributed by atoms with Crippen molar-refractivity contribution in [2.45, 2.75) is 17.9 Å². The molecule has 0 aliphatic rings. The van der Waals surface area contributed by atoms with E-state index in [1.54, 1.807) is 48.3 Å². The van der Waals surface area contributed by atoms with Gasteiger partial charge in [-0.25, -0.2) is 13.4 Å². The van der Waals surface area contributed by atoms with Crippen LogP contribution < -0.4 is 14.2 Å². The van der Waals surface area contributed by atoms with Crippen LogP contribution in [0.5, 0.6) is 11.5 Å². The lowest BCUT2D eigenvalue weighted by Crippen LogP contribution is -2.31. The normalized spacial score (nSPS) is 12.6. The van der Waals surface area contributed by atoms with E-state index in [0.717, 1.165) is 10.9 Å². The molecule has 0 aliphatic carbocycles. The van der Waals surface area contributed by atoms with Crippen LogP contribution in [0.15, 0.2) is 78.0 Å². The van der Waals surface area contributed by atoms with E-state index in [9.17, 15) is 8.42 Å². The molecule has 0 amide bonds. The monoisotopic (exact) mass is 451 g/mol. The van der Waals surface area contributed by atoms with Crippen LogP contribution in [0.25, 0.3) is 10.8 Å². The molecular weight excluding hydrogens is 426 g/mol. The van der Waals surface area contributed by atoms with E-state index < -0.39 is 16.1 Å². The van der Waals surface area contributed by atoms with Crippen molar-refractivity contribution >= 4 is 20.8 Å². The number of nitrogens with one attached hydrogen (secondary N) is 1. The van der Waals surface area contributed by atoms with Crippen molar-refractivity contribution < 1.29 is 17.9 Å². The highest BCUT2D eigenvalue weighted by molar-refractivity contribution is 7.89. The van der Waals surface area contributed by atoms with Crippen LogP contribution in [0, 0.1) is 0 Å². The summed E-state index contributed by atoms with van der Waals surface area (Å²) in [6.07, 6.45) is 3.42. The summed E-state index contributed by atoms with van der Waals surface area (Å²) in [6.45, 7) is 2.39. The summed E-state index contributed by atoms with van der Waals surface area (Å²) in [4.78, 5) is 4.58. The lowest BCUT2D eigenvalue weighted by Gasteiger charge is -2.21. The Kier molecular flexibility index (Phi) is 6.16. The number of aryl methyl sites for hydroxylation is 1. The molecule has 3 aromatic carbocycles. The Morgan fingerprint density at radius 2 is 1.84 bits per heavy atom. The number of hydrogen-bond acceptors (Lipinski definition) is 5. The van der Waals surface area contributed by atoms with Gasteiger partial charge in [-0.05, 0) is 36.8 Å². The third-order valence-corrected chi connectivity index (χ3v) is 6.73.